The van der Waals surface area contributed by atoms with Gasteiger partial charge in [-0.15, -0.1) is 0 Å². The number of nitrogens with zero attached hydrogens (tertiary/aromatic N) is 4. The summed E-state index contributed by atoms with van der Waals surface area (Å²) in [6.07, 6.45) is 9.31. The summed E-state index contributed by atoms with van der Waals surface area (Å²) in [5.41, 5.74) is 1.21. The van der Waals surface area contributed by atoms with Crippen molar-refractivity contribution in [3.05, 3.63) is 42.5 Å². The smallest absolute Gasteiger partial charge is 0.255 e. The Morgan fingerprint density at radius 1 is 1.42 bits per heavy atom. The Labute approximate surface area is 141 Å². The molecule has 0 radical (unpaired) electrons. The molecule has 0 spiro atoms. The first-order valence-electron chi connectivity index (χ1n) is 8.29. The molecule has 0 bridgehead atoms. The monoisotopic (exact) mass is 329 g/mol. The summed E-state index contributed by atoms with van der Waals surface area (Å²) in [6, 6.07) is -0.244. The summed E-state index contributed by atoms with van der Waals surface area (Å²) < 4.78 is 2.00. The number of hydrogen-bond donors (Lipinski definition) is 2. The fraction of sp³-hybridized carbons (Fsp3) is 0.529. The Morgan fingerprint density at radius 2 is 2.25 bits per heavy atom. The van der Waals surface area contributed by atoms with Crippen LogP contribution in [0.5, 0.6) is 0 Å². The molecule has 2 aromatic heterocycles. The number of rotatable bonds is 5. The van der Waals surface area contributed by atoms with Crippen LogP contribution >= 0.6 is 0 Å². The summed E-state index contributed by atoms with van der Waals surface area (Å²) in [7, 11) is 0. The van der Waals surface area contributed by atoms with Gasteiger partial charge in [0, 0.05) is 25.1 Å². The van der Waals surface area contributed by atoms with E-state index >= 15 is 0 Å². The molecule has 2 heterocycles. The van der Waals surface area contributed by atoms with Crippen LogP contribution in [0.3, 0.4) is 0 Å². The van der Waals surface area contributed by atoms with Crippen molar-refractivity contribution in [2.45, 2.75) is 51.3 Å². The fourth-order valence-corrected chi connectivity index (χ4v) is 3.34. The van der Waals surface area contributed by atoms with Crippen LogP contribution in [0.1, 0.15) is 48.7 Å². The lowest BCUT2D eigenvalue weighted by atomic mass is 10.0. The number of hydrogen-bond acceptors (Lipinski definition) is 5. The predicted molar refractivity (Wildman–Crippen MR) is 88.3 cm³/mol. The van der Waals surface area contributed by atoms with Gasteiger partial charge in [-0.3, -0.25) is 4.79 Å². The van der Waals surface area contributed by atoms with Gasteiger partial charge in [-0.05, 0) is 24.7 Å². The minimum atomic E-state index is -0.533. The third-order valence-electron chi connectivity index (χ3n) is 4.51. The molecule has 1 unspecified atom stereocenters. The zero-order chi connectivity index (χ0) is 17.1. The fourth-order valence-electron chi connectivity index (χ4n) is 3.34. The molecule has 1 fully saturated rings. The van der Waals surface area contributed by atoms with Gasteiger partial charge in [0.1, 0.15) is 6.33 Å². The molecule has 24 heavy (non-hydrogen) atoms. The zero-order valence-electron chi connectivity index (χ0n) is 14.0. The lowest BCUT2D eigenvalue weighted by Crippen LogP contribution is -2.40. The van der Waals surface area contributed by atoms with E-state index in [-0.39, 0.29) is 17.9 Å². The number of carbonyl (C=O) groups excluding carboxylic acids is 1. The molecule has 3 atom stereocenters. The van der Waals surface area contributed by atoms with Gasteiger partial charge in [-0.25, -0.2) is 15.0 Å². The molecular weight excluding hydrogens is 306 g/mol. The van der Waals surface area contributed by atoms with Crippen molar-refractivity contribution in [1.29, 1.82) is 0 Å². The third-order valence-corrected chi connectivity index (χ3v) is 4.51. The molecule has 2 N–H and O–H groups in total. The average molecular weight is 329 g/mol. The first-order valence-corrected chi connectivity index (χ1v) is 8.29. The number of carbonyl (C=O) groups is 1. The topological polar surface area (TPSA) is 92.9 Å². The summed E-state index contributed by atoms with van der Waals surface area (Å²) in [6.45, 7) is 4.78. The number of amides is 1. The second kappa shape index (κ2) is 7.09. The molecule has 1 saturated carbocycles. The Balaban J connectivity index is 1.64. The summed E-state index contributed by atoms with van der Waals surface area (Å²) >= 11 is 0. The van der Waals surface area contributed by atoms with Crippen molar-refractivity contribution in [2.24, 2.45) is 5.92 Å². The van der Waals surface area contributed by atoms with Gasteiger partial charge in [-0.2, -0.15) is 0 Å². The van der Waals surface area contributed by atoms with Crippen molar-refractivity contribution in [3.63, 3.8) is 0 Å². The van der Waals surface area contributed by atoms with E-state index in [1.807, 2.05) is 24.6 Å². The van der Waals surface area contributed by atoms with Gasteiger partial charge in [0.15, 0.2) is 0 Å². The molecule has 128 valence electrons. The number of aliphatic hydroxyl groups is 1. The molecule has 3 rings (SSSR count). The normalized spacial score (nSPS) is 23.6. The van der Waals surface area contributed by atoms with Crippen molar-refractivity contribution < 1.29 is 9.90 Å². The minimum absolute atomic E-state index is 0.135. The highest BCUT2D eigenvalue weighted by Gasteiger charge is 2.34. The van der Waals surface area contributed by atoms with Crippen LogP contribution in [-0.2, 0) is 6.54 Å². The first-order chi connectivity index (χ1) is 11.5. The Bertz CT molecular complexity index is 686. The maximum atomic E-state index is 12.6. The zero-order valence-corrected chi connectivity index (χ0v) is 14.0. The Hall–Kier alpha value is -2.28. The van der Waals surface area contributed by atoms with E-state index in [0.29, 0.717) is 17.9 Å². The number of imidazole rings is 1. The van der Waals surface area contributed by atoms with Gasteiger partial charge < -0.3 is 15.0 Å². The van der Waals surface area contributed by atoms with Crippen LogP contribution in [0.4, 0.5) is 0 Å². The highest BCUT2D eigenvalue weighted by molar-refractivity contribution is 5.95. The van der Waals surface area contributed by atoms with Gasteiger partial charge >= 0.3 is 0 Å². The predicted octanol–water partition coefficient (Wildman–Crippen LogP) is 1.37. The van der Waals surface area contributed by atoms with Crippen molar-refractivity contribution in [3.8, 4) is 0 Å². The summed E-state index contributed by atoms with van der Waals surface area (Å²) in [4.78, 5) is 24.8. The van der Waals surface area contributed by atoms with Crippen LogP contribution < -0.4 is 5.32 Å². The number of aromatic nitrogens is 4. The van der Waals surface area contributed by atoms with Gasteiger partial charge in [0.25, 0.3) is 5.91 Å². The van der Waals surface area contributed by atoms with E-state index in [0.717, 1.165) is 18.7 Å². The number of aliphatic hydroxyl groups excluding tert-OH is 1. The SMILES string of the molecule is CC(C)c1ncncc1C(=O)N[C@@H]1CC(Cn2ccnc2)C[C@H]1O. The molecular formula is C17H23N5O2. The Kier molecular flexibility index (Phi) is 4.89. The standard InChI is InChI=1S/C17H23N5O2/c1-11(2)16-13(7-19-9-20-16)17(24)21-14-5-12(6-15(14)23)8-22-4-3-18-10-22/h3-4,7,9-12,14-15,23H,5-6,8H2,1-2H3,(H,21,24)/t12?,14-,15-/m1/s1. The van der Waals surface area contributed by atoms with E-state index in [2.05, 4.69) is 20.3 Å². The van der Waals surface area contributed by atoms with Crippen LogP contribution in [0.25, 0.3) is 0 Å². The summed E-state index contributed by atoms with van der Waals surface area (Å²) in [5, 5.41) is 13.2. The van der Waals surface area contributed by atoms with Crippen molar-refractivity contribution >= 4 is 5.91 Å². The maximum absolute atomic E-state index is 12.6. The third kappa shape index (κ3) is 3.62. The van der Waals surface area contributed by atoms with Crippen molar-refractivity contribution in [2.75, 3.05) is 0 Å². The van der Waals surface area contributed by atoms with E-state index in [1.165, 1.54) is 6.33 Å². The van der Waals surface area contributed by atoms with E-state index in [4.69, 9.17) is 0 Å². The highest BCUT2D eigenvalue weighted by atomic mass is 16.3. The highest BCUT2D eigenvalue weighted by Crippen LogP contribution is 2.28. The molecule has 0 aliphatic heterocycles. The molecule has 1 aliphatic rings. The van der Waals surface area contributed by atoms with E-state index in [1.54, 1.807) is 18.7 Å². The largest absolute Gasteiger partial charge is 0.391 e. The molecule has 2 aromatic rings. The lowest BCUT2D eigenvalue weighted by Gasteiger charge is -2.18. The summed E-state index contributed by atoms with van der Waals surface area (Å²) in [5.74, 6) is 0.235. The van der Waals surface area contributed by atoms with Crippen LogP contribution in [0, 0.1) is 5.92 Å². The van der Waals surface area contributed by atoms with Crippen molar-refractivity contribution in [1.82, 2.24) is 24.8 Å². The first kappa shape index (κ1) is 16.6. The van der Waals surface area contributed by atoms with Gasteiger partial charge in [0.05, 0.1) is 29.7 Å². The van der Waals surface area contributed by atoms with E-state index in [9.17, 15) is 9.90 Å². The Morgan fingerprint density at radius 3 is 2.96 bits per heavy atom. The van der Waals surface area contributed by atoms with Gasteiger partial charge in [0.2, 0.25) is 0 Å². The molecule has 7 heteroatoms. The molecule has 1 aliphatic carbocycles. The molecule has 0 saturated heterocycles. The second-order valence-electron chi connectivity index (χ2n) is 6.72. The number of nitrogens with one attached hydrogen (secondary N) is 1. The molecule has 1 amide bonds. The van der Waals surface area contributed by atoms with Gasteiger partial charge in [-0.1, -0.05) is 13.8 Å². The lowest BCUT2D eigenvalue weighted by molar-refractivity contribution is 0.0870. The van der Waals surface area contributed by atoms with Crippen LogP contribution in [0.15, 0.2) is 31.2 Å². The van der Waals surface area contributed by atoms with Crippen LogP contribution in [0.2, 0.25) is 0 Å². The molecule has 0 aromatic carbocycles. The van der Waals surface area contributed by atoms with Crippen LogP contribution in [-0.4, -0.2) is 42.7 Å². The minimum Gasteiger partial charge on any atom is -0.391 e. The van der Waals surface area contributed by atoms with E-state index < -0.39 is 6.10 Å². The molecule has 7 nitrogen and oxygen atoms in total. The quantitative estimate of drug-likeness (QED) is 0.864. The average Bonchev–Trinajstić information content (AvgIpc) is 3.18. The maximum Gasteiger partial charge on any atom is 0.255 e. The second-order valence-corrected chi connectivity index (χ2v) is 6.72.